The van der Waals surface area contributed by atoms with Crippen molar-refractivity contribution in [1.82, 2.24) is 0 Å². The van der Waals surface area contributed by atoms with Gasteiger partial charge in [-0.15, -0.1) is 0 Å². The summed E-state index contributed by atoms with van der Waals surface area (Å²) in [6.45, 7) is 9.30. The summed E-state index contributed by atoms with van der Waals surface area (Å²) in [4.78, 5) is 10.9. The normalized spacial score (nSPS) is 38.0. The van der Waals surface area contributed by atoms with Crippen LogP contribution in [0.25, 0.3) is 0 Å². The fourth-order valence-electron chi connectivity index (χ4n) is 5.13. The Kier molecular flexibility index (Phi) is 5.40. The minimum Gasteiger partial charge on any atom is -0.478 e. The lowest BCUT2D eigenvalue weighted by Crippen LogP contribution is -2.49. The lowest BCUT2D eigenvalue weighted by molar-refractivity contribution is -0.131. The second kappa shape index (κ2) is 6.80. The molecule has 2 rings (SSSR count). The third kappa shape index (κ3) is 3.40. The van der Waals surface area contributed by atoms with Crippen LogP contribution >= 0.6 is 0 Å². The number of aliphatic carboxylic acids is 1. The van der Waals surface area contributed by atoms with Crippen LogP contribution in [-0.4, -0.2) is 22.8 Å². The Bertz CT molecular complexity index is 519. The second-order valence-corrected chi connectivity index (χ2v) is 8.18. The first kappa shape index (κ1) is 18.3. The van der Waals surface area contributed by atoms with E-state index in [0.29, 0.717) is 23.8 Å². The quantitative estimate of drug-likeness (QED) is 0.576. The average Bonchev–Trinajstić information content (AvgIpc) is 2.50. The molecule has 0 unspecified atom stereocenters. The second-order valence-electron chi connectivity index (χ2n) is 8.18. The van der Waals surface area contributed by atoms with Gasteiger partial charge in [0.15, 0.2) is 0 Å². The number of rotatable bonds is 5. The fraction of sp³-hybridized carbons (Fsp3) is 0.750. The number of carboxylic acid groups (broad SMARTS) is 1. The first-order valence-electron chi connectivity index (χ1n) is 8.94. The van der Waals surface area contributed by atoms with Crippen molar-refractivity contribution < 1.29 is 15.0 Å². The van der Waals surface area contributed by atoms with Crippen LogP contribution in [0.1, 0.15) is 66.2 Å². The standard InChI is InChI=1S/C20H32O3/c1-14-6-5-7-17-19(14,3)10-8-15(2)20(17,4)11-9-16(13-21)12-18(22)23/h6,12,15,17,21H,5,7-11,13H2,1-4H3,(H,22,23)/t15-,17+,19+,20+/m1/s1. The Morgan fingerprint density at radius 1 is 1.39 bits per heavy atom. The molecule has 0 radical (unpaired) electrons. The molecule has 2 N–H and O–H groups in total. The summed E-state index contributed by atoms with van der Waals surface area (Å²) in [6, 6.07) is 0. The van der Waals surface area contributed by atoms with E-state index >= 15 is 0 Å². The van der Waals surface area contributed by atoms with Crippen molar-refractivity contribution in [3.05, 3.63) is 23.3 Å². The van der Waals surface area contributed by atoms with Gasteiger partial charge in [0.25, 0.3) is 0 Å². The number of allylic oxidation sites excluding steroid dienone is 2. The third-order valence-electron chi connectivity index (χ3n) is 7.11. The highest BCUT2D eigenvalue weighted by Crippen LogP contribution is 2.61. The number of fused-ring (bicyclic) bond motifs is 1. The van der Waals surface area contributed by atoms with Crippen LogP contribution in [0.5, 0.6) is 0 Å². The van der Waals surface area contributed by atoms with E-state index in [1.807, 2.05) is 0 Å². The SMILES string of the molecule is CC1=CCC[C@@H]2[C@@](C)(CCC(=CC(=O)O)CO)[C@H](C)CC[C@@]12C. The van der Waals surface area contributed by atoms with Gasteiger partial charge in [-0.3, -0.25) is 0 Å². The minimum absolute atomic E-state index is 0.155. The molecule has 0 bridgehead atoms. The fourth-order valence-corrected chi connectivity index (χ4v) is 5.13. The van der Waals surface area contributed by atoms with Crippen molar-refractivity contribution in [3.63, 3.8) is 0 Å². The van der Waals surface area contributed by atoms with Crippen molar-refractivity contribution in [1.29, 1.82) is 0 Å². The Hall–Kier alpha value is -1.09. The molecule has 0 aromatic rings. The van der Waals surface area contributed by atoms with Crippen LogP contribution in [-0.2, 0) is 4.79 Å². The van der Waals surface area contributed by atoms with Crippen molar-refractivity contribution in [2.24, 2.45) is 22.7 Å². The smallest absolute Gasteiger partial charge is 0.328 e. The van der Waals surface area contributed by atoms with Gasteiger partial charge in [-0.05, 0) is 73.7 Å². The summed E-state index contributed by atoms with van der Waals surface area (Å²) >= 11 is 0. The lowest BCUT2D eigenvalue weighted by atomic mass is 9.47. The number of hydrogen-bond donors (Lipinski definition) is 2. The van der Waals surface area contributed by atoms with E-state index in [-0.39, 0.29) is 17.4 Å². The molecule has 2 aliphatic carbocycles. The maximum atomic E-state index is 10.9. The molecule has 1 fully saturated rings. The number of hydrogen-bond acceptors (Lipinski definition) is 2. The Morgan fingerprint density at radius 3 is 2.70 bits per heavy atom. The van der Waals surface area contributed by atoms with E-state index in [4.69, 9.17) is 5.11 Å². The summed E-state index contributed by atoms with van der Waals surface area (Å²) in [5, 5.41) is 18.4. The predicted molar refractivity (Wildman–Crippen MR) is 93.1 cm³/mol. The van der Waals surface area contributed by atoms with E-state index in [9.17, 15) is 9.90 Å². The van der Waals surface area contributed by atoms with Gasteiger partial charge in [-0.1, -0.05) is 32.4 Å². The van der Waals surface area contributed by atoms with E-state index in [1.165, 1.54) is 30.9 Å². The molecule has 2 aliphatic rings. The summed E-state index contributed by atoms with van der Waals surface area (Å²) in [5.74, 6) is 0.321. The monoisotopic (exact) mass is 320 g/mol. The highest BCUT2D eigenvalue weighted by atomic mass is 16.4. The predicted octanol–water partition coefficient (Wildman–Crippen LogP) is 4.57. The molecule has 0 amide bonds. The van der Waals surface area contributed by atoms with Gasteiger partial charge < -0.3 is 10.2 Å². The van der Waals surface area contributed by atoms with E-state index in [1.54, 1.807) is 0 Å². The first-order valence-corrected chi connectivity index (χ1v) is 8.94. The molecule has 23 heavy (non-hydrogen) atoms. The number of aliphatic hydroxyl groups excluding tert-OH is 1. The summed E-state index contributed by atoms with van der Waals surface area (Å²) in [6.07, 6.45) is 10.1. The molecule has 1 saturated carbocycles. The number of carboxylic acids is 1. The highest BCUT2D eigenvalue weighted by Gasteiger charge is 2.52. The van der Waals surface area contributed by atoms with Gasteiger partial charge >= 0.3 is 5.97 Å². The molecule has 3 heteroatoms. The van der Waals surface area contributed by atoms with Gasteiger partial charge in [0.2, 0.25) is 0 Å². The molecule has 4 atom stereocenters. The molecule has 130 valence electrons. The van der Waals surface area contributed by atoms with Gasteiger partial charge in [0.05, 0.1) is 6.61 Å². The molecule has 0 aromatic heterocycles. The van der Waals surface area contributed by atoms with E-state index in [0.717, 1.165) is 12.8 Å². The Morgan fingerprint density at radius 2 is 2.09 bits per heavy atom. The van der Waals surface area contributed by atoms with Crippen molar-refractivity contribution in [2.75, 3.05) is 6.61 Å². The van der Waals surface area contributed by atoms with E-state index in [2.05, 4.69) is 33.8 Å². The molecule has 0 aromatic carbocycles. The third-order valence-corrected chi connectivity index (χ3v) is 7.11. The van der Waals surface area contributed by atoms with Crippen LogP contribution in [0.15, 0.2) is 23.3 Å². The number of aliphatic hydroxyl groups is 1. The molecular weight excluding hydrogens is 288 g/mol. The maximum absolute atomic E-state index is 10.9. The molecular formula is C20H32O3. The molecule has 0 spiro atoms. The molecule has 0 saturated heterocycles. The zero-order chi connectivity index (χ0) is 17.3. The maximum Gasteiger partial charge on any atom is 0.328 e. The molecule has 3 nitrogen and oxygen atoms in total. The van der Waals surface area contributed by atoms with Crippen LogP contribution in [0.3, 0.4) is 0 Å². The zero-order valence-electron chi connectivity index (χ0n) is 15.1. The van der Waals surface area contributed by atoms with Crippen LogP contribution in [0.2, 0.25) is 0 Å². The van der Waals surface area contributed by atoms with Gasteiger partial charge in [-0.2, -0.15) is 0 Å². The van der Waals surface area contributed by atoms with Crippen molar-refractivity contribution in [2.45, 2.75) is 66.2 Å². The van der Waals surface area contributed by atoms with E-state index < -0.39 is 5.97 Å². The summed E-state index contributed by atoms with van der Waals surface area (Å²) < 4.78 is 0. The summed E-state index contributed by atoms with van der Waals surface area (Å²) in [7, 11) is 0. The van der Waals surface area contributed by atoms with Gasteiger partial charge in [0, 0.05) is 6.08 Å². The van der Waals surface area contributed by atoms with Gasteiger partial charge in [-0.25, -0.2) is 4.79 Å². The average molecular weight is 320 g/mol. The molecule has 0 heterocycles. The lowest BCUT2D eigenvalue weighted by Gasteiger charge is -2.58. The number of carbonyl (C=O) groups is 1. The van der Waals surface area contributed by atoms with Crippen LogP contribution < -0.4 is 0 Å². The van der Waals surface area contributed by atoms with Crippen LogP contribution in [0.4, 0.5) is 0 Å². The Balaban J connectivity index is 2.23. The highest BCUT2D eigenvalue weighted by molar-refractivity contribution is 5.80. The van der Waals surface area contributed by atoms with Gasteiger partial charge in [0.1, 0.15) is 0 Å². The largest absolute Gasteiger partial charge is 0.478 e. The molecule has 0 aliphatic heterocycles. The van der Waals surface area contributed by atoms with Crippen LogP contribution in [0, 0.1) is 22.7 Å². The minimum atomic E-state index is -0.961. The zero-order valence-corrected chi connectivity index (χ0v) is 15.1. The summed E-state index contributed by atoms with van der Waals surface area (Å²) in [5.41, 5.74) is 2.67. The topological polar surface area (TPSA) is 57.5 Å². The Labute approximate surface area is 140 Å². The first-order chi connectivity index (χ1) is 10.7. The van der Waals surface area contributed by atoms with Crippen molar-refractivity contribution in [3.8, 4) is 0 Å². The van der Waals surface area contributed by atoms with Crippen molar-refractivity contribution >= 4 is 5.97 Å².